The molecule has 2 N–H and O–H groups in total. The second-order valence-corrected chi connectivity index (χ2v) is 7.17. The highest BCUT2D eigenvalue weighted by atomic mass is 35.5. The van der Waals surface area contributed by atoms with Crippen LogP contribution in [-0.4, -0.2) is 29.9 Å². The number of hydrogen-bond donors (Lipinski definition) is 1. The quantitative estimate of drug-likeness (QED) is 0.915. The molecule has 3 rings (SSSR count). The number of hydrogen-bond acceptors (Lipinski definition) is 2. The fraction of sp³-hybridized carbons (Fsp3) is 0.632. The van der Waals surface area contributed by atoms with E-state index in [1.807, 2.05) is 6.07 Å². The highest BCUT2D eigenvalue weighted by Gasteiger charge is 2.47. The van der Waals surface area contributed by atoms with Crippen molar-refractivity contribution in [1.29, 1.82) is 0 Å². The molecule has 2 fully saturated rings. The maximum atomic E-state index is 13.2. The van der Waals surface area contributed by atoms with Crippen LogP contribution in [0.15, 0.2) is 30.3 Å². The number of amides is 1. The van der Waals surface area contributed by atoms with E-state index in [1.54, 1.807) is 0 Å². The lowest BCUT2D eigenvalue weighted by atomic mass is 9.64. The first-order valence-corrected chi connectivity index (χ1v) is 8.73. The molecule has 0 bridgehead atoms. The fourth-order valence-electron chi connectivity index (χ4n) is 4.06. The monoisotopic (exact) mass is 336 g/mol. The third kappa shape index (κ3) is 3.72. The molecule has 128 valence electrons. The number of carbonyl (C=O) groups is 1. The average molecular weight is 337 g/mol. The Hall–Kier alpha value is -1.06. The van der Waals surface area contributed by atoms with Gasteiger partial charge in [-0.05, 0) is 37.2 Å². The lowest BCUT2D eigenvalue weighted by Gasteiger charge is -2.46. The summed E-state index contributed by atoms with van der Waals surface area (Å²) in [6.45, 7) is 3.88. The fourth-order valence-corrected chi connectivity index (χ4v) is 4.06. The number of carbonyl (C=O) groups excluding carboxylic acids is 1. The second-order valence-electron chi connectivity index (χ2n) is 7.17. The zero-order valence-electron chi connectivity index (χ0n) is 14.0. The van der Waals surface area contributed by atoms with Crippen LogP contribution >= 0.6 is 12.4 Å². The molecule has 1 saturated carbocycles. The van der Waals surface area contributed by atoms with Crippen molar-refractivity contribution < 1.29 is 4.79 Å². The molecular weight excluding hydrogens is 308 g/mol. The van der Waals surface area contributed by atoms with Gasteiger partial charge in [0.25, 0.3) is 0 Å². The van der Waals surface area contributed by atoms with E-state index in [1.165, 1.54) is 12.0 Å². The number of benzene rings is 1. The van der Waals surface area contributed by atoms with Gasteiger partial charge in [-0.25, -0.2) is 0 Å². The van der Waals surface area contributed by atoms with E-state index < -0.39 is 0 Å². The van der Waals surface area contributed by atoms with Crippen LogP contribution in [-0.2, 0) is 11.2 Å². The minimum atomic E-state index is -0.138. The third-order valence-corrected chi connectivity index (χ3v) is 5.75. The van der Waals surface area contributed by atoms with Gasteiger partial charge >= 0.3 is 0 Å². The molecule has 0 spiro atoms. The van der Waals surface area contributed by atoms with Gasteiger partial charge in [-0.2, -0.15) is 0 Å². The van der Waals surface area contributed by atoms with Gasteiger partial charge < -0.3 is 10.6 Å². The Morgan fingerprint density at radius 2 is 2.00 bits per heavy atom. The predicted molar refractivity (Wildman–Crippen MR) is 96.6 cm³/mol. The topological polar surface area (TPSA) is 46.3 Å². The largest absolute Gasteiger partial charge is 0.342 e. The van der Waals surface area contributed by atoms with Crippen molar-refractivity contribution in [2.45, 2.75) is 51.5 Å². The third-order valence-electron chi connectivity index (χ3n) is 5.75. The van der Waals surface area contributed by atoms with Crippen molar-refractivity contribution in [2.24, 2.45) is 17.1 Å². The molecule has 1 aliphatic heterocycles. The molecule has 1 aromatic carbocycles. The molecule has 1 aromatic rings. The molecule has 3 nitrogen and oxygen atoms in total. The molecule has 23 heavy (non-hydrogen) atoms. The summed E-state index contributed by atoms with van der Waals surface area (Å²) in [4.78, 5) is 15.3. The van der Waals surface area contributed by atoms with Gasteiger partial charge in [-0.15, -0.1) is 12.4 Å². The number of rotatable bonds is 4. The van der Waals surface area contributed by atoms with E-state index in [-0.39, 0.29) is 23.9 Å². The summed E-state index contributed by atoms with van der Waals surface area (Å²) >= 11 is 0. The standard InChI is InChI=1S/C19H28N2O.ClH/c1-2-16-14-21(12-9-17(16)20)18(22)19(10-6-11-19)13-15-7-4-3-5-8-15;/h3-5,7-8,16-17H,2,6,9-14,20H2,1H3;1H. The Morgan fingerprint density at radius 3 is 2.57 bits per heavy atom. The van der Waals surface area contributed by atoms with Crippen LogP contribution in [0.5, 0.6) is 0 Å². The molecule has 1 saturated heterocycles. The molecule has 2 unspecified atom stereocenters. The van der Waals surface area contributed by atoms with Gasteiger partial charge in [0, 0.05) is 19.1 Å². The summed E-state index contributed by atoms with van der Waals surface area (Å²) in [7, 11) is 0. The molecule has 0 aromatic heterocycles. The zero-order valence-corrected chi connectivity index (χ0v) is 14.9. The maximum absolute atomic E-state index is 13.2. The number of halogens is 1. The first kappa shape index (κ1) is 18.3. The van der Waals surface area contributed by atoms with E-state index in [0.717, 1.165) is 45.2 Å². The van der Waals surface area contributed by atoms with Crippen LogP contribution in [0.2, 0.25) is 0 Å². The zero-order chi connectivity index (χ0) is 15.6. The van der Waals surface area contributed by atoms with Crippen LogP contribution in [0, 0.1) is 11.3 Å². The maximum Gasteiger partial charge on any atom is 0.229 e. The van der Waals surface area contributed by atoms with Crippen molar-refractivity contribution >= 4 is 18.3 Å². The minimum Gasteiger partial charge on any atom is -0.342 e. The van der Waals surface area contributed by atoms with Crippen LogP contribution in [0.4, 0.5) is 0 Å². The van der Waals surface area contributed by atoms with Gasteiger partial charge in [0.05, 0.1) is 5.41 Å². The first-order chi connectivity index (χ1) is 10.6. The Bertz CT molecular complexity index is 515. The number of nitrogens with two attached hydrogens (primary N) is 1. The van der Waals surface area contributed by atoms with Crippen molar-refractivity contribution in [3.05, 3.63) is 35.9 Å². The Morgan fingerprint density at radius 1 is 1.30 bits per heavy atom. The summed E-state index contributed by atoms with van der Waals surface area (Å²) in [5, 5.41) is 0. The van der Waals surface area contributed by atoms with Crippen LogP contribution in [0.1, 0.15) is 44.6 Å². The molecule has 2 aliphatic rings. The lowest BCUT2D eigenvalue weighted by Crippen LogP contribution is -2.55. The Kier molecular flexibility index (Phi) is 6.10. The van der Waals surface area contributed by atoms with E-state index in [4.69, 9.17) is 5.73 Å². The van der Waals surface area contributed by atoms with E-state index in [9.17, 15) is 4.79 Å². The van der Waals surface area contributed by atoms with Gasteiger partial charge in [0.1, 0.15) is 0 Å². The average Bonchev–Trinajstić information content (AvgIpc) is 2.52. The highest BCUT2D eigenvalue weighted by molar-refractivity contribution is 5.85. The summed E-state index contributed by atoms with van der Waals surface area (Å²) in [6, 6.07) is 10.7. The van der Waals surface area contributed by atoms with Crippen LogP contribution in [0.25, 0.3) is 0 Å². The van der Waals surface area contributed by atoms with E-state index in [0.29, 0.717) is 11.8 Å². The van der Waals surface area contributed by atoms with Crippen molar-refractivity contribution in [2.75, 3.05) is 13.1 Å². The summed E-state index contributed by atoms with van der Waals surface area (Å²) < 4.78 is 0. The molecule has 0 radical (unpaired) electrons. The summed E-state index contributed by atoms with van der Waals surface area (Å²) in [5.74, 6) is 0.847. The minimum absolute atomic E-state index is 0. The van der Waals surface area contributed by atoms with Crippen molar-refractivity contribution in [1.82, 2.24) is 4.90 Å². The lowest BCUT2D eigenvalue weighted by molar-refractivity contribution is -0.149. The molecule has 4 heteroatoms. The van der Waals surface area contributed by atoms with Crippen molar-refractivity contribution in [3.8, 4) is 0 Å². The smallest absolute Gasteiger partial charge is 0.229 e. The number of nitrogens with zero attached hydrogens (tertiary/aromatic N) is 1. The predicted octanol–water partition coefficient (Wildman–Crippen LogP) is 3.41. The molecule has 1 aliphatic carbocycles. The van der Waals surface area contributed by atoms with Gasteiger partial charge in [-0.3, -0.25) is 4.79 Å². The summed E-state index contributed by atoms with van der Waals surface area (Å²) in [5.41, 5.74) is 7.34. The molecule has 1 amide bonds. The van der Waals surface area contributed by atoms with Gasteiger partial charge in [0.2, 0.25) is 5.91 Å². The SMILES string of the molecule is CCC1CN(C(=O)C2(Cc3ccccc3)CCC2)CCC1N.Cl. The van der Waals surface area contributed by atoms with Crippen LogP contribution < -0.4 is 5.73 Å². The molecular formula is C19H29ClN2O. The number of likely N-dealkylation sites (tertiary alicyclic amines) is 1. The molecule has 2 atom stereocenters. The Labute approximate surface area is 146 Å². The van der Waals surface area contributed by atoms with Gasteiger partial charge in [-0.1, -0.05) is 50.1 Å². The van der Waals surface area contributed by atoms with Crippen molar-refractivity contribution in [3.63, 3.8) is 0 Å². The second kappa shape index (κ2) is 7.67. The highest BCUT2D eigenvalue weighted by Crippen LogP contribution is 2.45. The first-order valence-electron chi connectivity index (χ1n) is 8.73. The van der Waals surface area contributed by atoms with Crippen LogP contribution in [0.3, 0.4) is 0 Å². The molecule has 1 heterocycles. The van der Waals surface area contributed by atoms with Gasteiger partial charge in [0.15, 0.2) is 0 Å². The van der Waals surface area contributed by atoms with E-state index >= 15 is 0 Å². The normalized spacial score (nSPS) is 26.1. The van der Waals surface area contributed by atoms with E-state index in [2.05, 4.69) is 36.1 Å². The Balaban J connectivity index is 0.00000192. The summed E-state index contributed by atoms with van der Waals surface area (Å²) in [6.07, 6.45) is 6.18. The number of piperidine rings is 1.